The number of aliphatic imine (C=N–C) groups is 2. The van der Waals surface area contributed by atoms with Crippen LogP contribution in [0.1, 0.15) is 46.2 Å². The molecule has 0 amide bonds. The van der Waals surface area contributed by atoms with Crippen LogP contribution >= 0.6 is 0 Å². The van der Waals surface area contributed by atoms with Crippen molar-refractivity contribution in [2.45, 2.75) is 39.8 Å². The molecule has 2 atom stereocenters. The second-order valence-electron chi connectivity index (χ2n) is 10.6. The number of phenolic OH excluding ortho intramolecular Hbond substituents is 2. The zero-order chi connectivity index (χ0) is 26.7. The molecule has 3 aliphatic rings. The Kier molecular flexibility index (Phi) is 10.7. The van der Waals surface area contributed by atoms with E-state index in [0.29, 0.717) is 24.6 Å². The van der Waals surface area contributed by atoms with Gasteiger partial charge in [0.15, 0.2) is 0 Å². The molecule has 0 aromatic heterocycles. The molecule has 206 valence electrons. The minimum absolute atomic E-state index is 0.313. The Labute approximate surface area is 227 Å². The van der Waals surface area contributed by atoms with E-state index in [-0.39, 0.29) is 0 Å². The monoisotopic (exact) mass is 520 g/mol. The Morgan fingerprint density at radius 3 is 1.53 bits per heavy atom. The summed E-state index contributed by atoms with van der Waals surface area (Å²) in [5, 5.41) is 29.3. The molecule has 2 aromatic carbocycles. The lowest BCUT2D eigenvalue weighted by Gasteiger charge is -2.26. The Morgan fingerprint density at radius 2 is 1.08 bits per heavy atom. The number of nitrogens with zero attached hydrogens (tertiary/aromatic N) is 4. The molecule has 2 aromatic rings. The first-order chi connectivity index (χ1) is 18.5. The van der Waals surface area contributed by atoms with Gasteiger partial charge in [-0.15, -0.1) is 0 Å². The van der Waals surface area contributed by atoms with Crippen molar-refractivity contribution in [2.75, 3.05) is 65.4 Å². The molecule has 5 rings (SSSR count). The molecule has 8 heteroatoms. The summed E-state index contributed by atoms with van der Waals surface area (Å²) in [6.45, 7) is 14.1. The van der Waals surface area contributed by atoms with Gasteiger partial charge in [0.05, 0.1) is 13.1 Å². The van der Waals surface area contributed by atoms with E-state index in [1.54, 1.807) is 12.4 Å². The molecular formula is C30H44N6O2. The number of hydrogen-bond donors (Lipinski definition) is 4. The summed E-state index contributed by atoms with van der Waals surface area (Å²) in [5.41, 5.74) is 5.62. The molecule has 8 nitrogen and oxygen atoms in total. The van der Waals surface area contributed by atoms with Crippen LogP contribution in [0.2, 0.25) is 0 Å². The van der Waals surface area contributed by atoms with Crippen LogP contribution in [0.4, 0.5) is 0 Å². The fourth-order valence-corrected chi connectivity index (χ4v) is 5.25. The van der Waals surface area contributed by atoms with E-state index in [1.165, 1.54) is 0 Å². The molecule has 3 heterocycles. The predicted octanol–water partition coefficient (Wildman–Crippen LogP) is 2.84. The SMILES string of the molecule is Cc1cc2c(O)c(c1)CN1CCCNCCN(CCCNCC1)Cc1cc(C)cc(c1O)C=NCCN=C2. The summed E-state index contributed by atoms with van der Waals surface area (Å²) in [7, 11) is 0. The van der Waals surface area contributed by atoms with Crippen LogP contribution in [0.3, 0.4) is 0 Å². The molecule has 38 heavy (non-hydrogen) atoms. The van der Waals surface area contributed by atoms with Gasteiger partial charge in [0, 0.05) is 74.0 Å². The van der Waals surface area contributed by atoms with Crippen LogP contribution in [0.5, 0.6) is 11.5 Å². The molecule has 3 aliphatic heterocycles. The lowest BCUT2D eigenvalue weighted by Crippen LogP contribution is -2.38. The summed E-state index contributed by atoms with van der Waals surface area (Å²) < 4.78 is 0. The summed E-state index contributed by atoms with van der Waals surface area (Å²) >= 11 is 0. The maximum absolute atomic E-state index is 11.1. The van der Waals surface area contributed by atoms with Gasteiger partial charge in [0.2, 0.25) is 0 Å². The number of aromatic hydroxyl groups is 2. The van der Waals surface area contributed by atoms with Crippen LogP contribution < -0.4 is 10.6 Å². The van der Waals surface area contributed by atoms with Crippen LogP contribution in [0.15, 0.2) is 34.3 Å². The van der Waals surface area contributed by atoms with Crippen LogP contribution in [-0.4, -0.2) is 97.9 Å². The Hall–Kier alpha value is -2.78. The highest BCUT2D eigenvalue weighted by atomic mass is 16.3. The average molecular weight is 521 g/mol. The van der Waals surface area contributed by atoms with E-state index in [2.05, 4.69) is 56.4 Å². The van der Waals surface area contributed by atoms with Crippen molar-refractivity contribution in [3.8, 4) is 11.5 Å². The topological polar surface area (TPSA) is 95.7 Å². The van der Waals surface area contributed by atoms with E-state index >= 15 is 0 Å². The molecule has 0 aliphatic carbocycles. The van der Waals surface area contributed by atoms with Crippen molar-refractivity contribution in [3.05, 3.63) is 57.6 Å². The highest BCUT2D eigenvalue weighted by Crippen LogP contribution is 2.26. The maximum Gasteiger partial charge on any atom is 0.128 e. The number of fused-ring (bicyclic) bond motifs is 13. The van der Waals surface area contributed by atoms with Crippen LogP contribution in [-0.2, 0) is 13.1 Å². The van der Waals surface area contributed by atoms with Gasteiger partial charge in [-0.1, -0.05) is 12.1 Å². The van der Waals surface area contributed by atoms with Gasteiger partial charge in [-0.05, 0) is 76.1 Å². The minimum atomic E-state index is 0.313. The van der Waals surface area contributed by atoms with Crippen LogP contribution in [0.25, 0.3) is 0 Å². The van der Waals surface area contributed by atoms with E-state index in [0.717, 1.165) is 112 Å². The zero-order valence-electron chi connectivity index (χ0n) is 23.0. The second-order valence-corrected chi connectivity index (χ2v) is 10.6. The normalized spacial score (nSPS) is 22.4. The number of hydrogen-bond acceptors (Lipinski definition) is 8. The van der Waals surface area contributed by atoms with Crippen molar-refractivity contribution in [1.82, 2.24) is 20.4 Å². The highest BCUT2D eigenvalue weighted by Gasteiger charge is 2.15. The number of aryl methyl sites for hydroxylation is 2. The van der Waals surface area contributed by atoms with Gasteiger partial charge in [-0.2, -0.15) is 0 Å². The summed E-state index contributed by atoms with van der Waals surface area (Å²) in [6.07, 6.45) is 5.60. The quantitative estimate of drug-likeness (QED) is 0.427. The third kappa shape index (κ3) is 8.36. The highest BCUT2D eigenvalue weighted by molar-refractivity contribution is 5.85. The Balaban J connectivity index is 1.64. The average Bonchev–Trinajstić information content (AvgIpc) is 2.88. The van der Waals surface area contributed by atoms with Crippen molar-refractivity contribution >= 4 is 12.4 Å². The van der Waals surface area contributed by atoms with Gasteiger partial charge in [-0.3, -0.25) is 19.8 Å². The molecule has 0 spiro atoms. The van der Waals surface area contributed by atoms with Gasteiger partial charge >= 0.3 is 0 Å². The summed E-state index contributed by atoms with van der Waals surface area (Å²) in [5.74, 6) is 0.626. The molecule has 0 saturated carbocycles. The smallest absolute Gasteiger partial charge is 0.128 e. The molecular weight excluding hydrogens is 476 g/mol. The number of benzene rings is 2. The lowest BCUT2D eigenvalue weighted by molar-refractivity contribution is 0.238. The van der Waals surface area contributed by atoms with Crippen molar-refractivity contribution < 1.29 is 10.2 Å². The molecule has 1 saturated heterocycles. The molecule has 2 unspecified atom stereocenters. The maximum atomic E-state index is 11.1. The van der Waals surface area contributed by atoms with E-state index < -0.39 is 0 Å². The van der Waals surface area contributed by atoms with E-state index in [9.17, 15) is 10.2 Å². The minimum Gasteiger partial charge on any atom is -0.507 e. The lowest BCUT2D eigenvalue weighted by atomic mass is 10.0. The third-order valence-corrected chi connectivity index (χ3v) is 7.20. The van der Waals surface area contributed by atoms with Crippen molar-refractivity contribution in [1.29, 1.82) is 0 Å². The molecule has 0 radical (unpaired) electrons. The fraction of sp³-hybridized carbons (Fsp3) is 0.533. The summed E-state index contributed by atoms with van der Waals surface area (Å²) in [4.78, 5) is 13.9. The van der Waals surface area contributed by atoms with Crippen molar-refractivity contribution in [3.63, 3.8) is 0 Å². The fourth-order valence-electron chi connectivity index (χ4n) is 5.25. The van der Waals surface area contributed by atoms with E-state index in [1.807, 2.05) is 12.1 Å². The second kappa shape index (κ2) is 14.4. The largest absolute Gasteiger partial charge is 0.507 e. The van der Waals surface area contributed by atoms with Crippen LogP contribution in [0, 0.1) is 13.8 Å². The van der Waals surface area contributed by atoms with Gasteiger partial charge < -0.3 is 20.8 Å². The predicted molar refractivity (Wildman–Crippen MR) is 156 cm³/mol. The third-order valence-electron chi connectivity index (χ3n) is 7.20. The standard InChI is InChI=1S/C30H44N6O2/c1-23-15-25-19-33-7-8-34-20-26-16-24(2)18-28(30(26)38)22-36-12-4-6-31-9-13-35(11-3-5-32-10-14-36)21-27(17-23)29(25)37/h15-20,31-32,37-38H,3-14,21-22H2,1-2H3. The van der Waals surface area contributed by atoms with Gasteiger partial charge in [0.1, 0.15) is 11.5 Å². The Morgan fingerprint density at radius 1 is 0.632 bits per heavy atom. The van der Waals surface area contributed by atoms with Gasteiger partial charge in [-0.25, -0.2) is 0 Å². The zero-order valence-corrected chi connectivity index (χ0v) is 23.0. The first kappa shape index (κ1) is 28.2. The number of nitrogens with one attached hydrogen (secondary N) is 2. The molecule has 1 fully saturated rings. The number of rotatable bonds is 0. The number of phenols is 2. The molecule has 4 N–H and O–H groups in total. The summed E-state index contributed by atoms with van der Waals surface area (Å²) in [6, 6.07) is 8.13. The first-order valence-corrected chi connectivity index (χ1v) is 14.0. The first-order valence-electron chi connectivity index (χ1n) is 14.0. The van der Waals surface area contributed by atoms with Gasteiger partial charge in [0.25, 0.3) is 0 Å². The molecule has 6 bridgehead atoms. The van der Waals surface area contributed by atoms with Crippen molar-refractivity contribution in [2.24, 2.45) is 9.98 Å². The van der Waals surface area contributed by atoms with E-state index in [4.69, 9.17) is 0 Å². The Bertz CT molecular complexity index is 1010.